The number of carbonyl (C=O) groups is 2. The highest BCUT2D eigenvalue weighted by atomic mass is 16.4. The van der Waals surface area contributed by atoms with Crippen molar-refractivity contribution >= 4 is 11.9 Å². The molecule has 1 fully saturated rings. The fourth-order valence-corrected chi connectivity index (χ4v) is 3.30. The number of carboxylic acids is 1. The molecule has 0 unspecified atom stereocenters. The molecule has 0 spiro atoms. The molecule has 1 saturated heterocycles. The lowest BCUT2D eigenvalue weighted by molar-refractivity contribution is -0.128. The summed E-state index contributed by atoms with van der Waals surface area (Å²) < 4.78 is 0. The maximum Gasteiger partial charge on any atom is 0.335 e. The van der Waals surface area contributed by atoms with Crippen LogP contribution >= 0.6 is 0 Å². The zero-order valence-electron chi connectivity index (χ0n) is 16.6. The Kier molecular flexibility index (Phi) is 7.19. The van der Waals surface area contributed by atoms with E-state index in [4.69, 9.17) is 5.11 Å². The number of nitriles is 1. The Morgan fingerprint density at radius 2 is 1.67 bits per heavy atom. The molecule has 7 heteroatoms. The summed E-state index contributed by atoms with van der Waals surface area (Å²) in [5, 5.41) is 21.3. The number of piperazine rings is 1. The number of rotatable bonds is 7. The van der Waals surface area contributed by atoms with Crippen molar-refractivity contribution in [3.05, 3.63) is 83.1 Å². The van der Waals surface area contributed by atoms with Gasteiger partial charge in [0.05, 0.1) is 5.56 Å². The standard InChI is InChI=1S/C23H24N4O3/c24-14-21(16-25-15-18-6-8-20(9-7-18)23(29)30)22(28)27-12-10-26(11-13-27)17-19-4-2-1-3-5-19/h1-9,16,25H,10-13,15,17H2,(H,29,30)/b21-16-. The smallest absolute Gasteiger partial charge is 0.335 e. The molecule has 2 aromatic rings. The monoisotopic (exact) mass is 404 g/mol. The van der Waals surface area contributed by atoms with Crippen LogP contribution in [-0.4, -0.2) is 53.0 Å². The lowest BCUT2D eigenvalue weighted by Crippen LogP contribution is -2.48. The van der Waals surface area contributed by atoms with Gasteiger partial charge < -0.3 is 15.3 Å². The maximum atomic E-state index is 12.7. The largest absolute Gasteiger partial charge is 0.478 e. The van der Waals surface area contributed by atoms with E-state index in [1.54, 1.807) is 17.0 Å². The van der Waals surface area contributed by atoms with Crippen molar-refractivity contribution in [2.24, 2.45) is 0 Å². The number of hydrogen-bond donors (Lipinski definition) is 2. The molecular formula is C23H24N4O3. The fourth-order valence-electron chi connectivity index (χ4n) is 3.30. The normalized spacial score (nSPS) is 14.8. The van der Waals surface area contributed by atoms with Crippen LogP contribution in [0.1, 0.15) is 21.5 Å². The molecular weight excluding hydrogens is 380 g/mol. The average molecular weight is 404 g/mol. The van der Waals surface area contributed by atoms with Crippen molar-refractivity contribution in [1.29, 1.82) is 5.26 Å². The zero-order chi connectivity index (χ0) is 21.3. The number of hydrogen-bond acceptors (Lipinski definition) is 5. The van der Waals surface area contributed by atoms with Crippen LogP contribution in [0.3, 0.4) is 0 Å². The van der Waals surface area contributed by atoms with Crippen LogP contribution in [-0.2, 0) is 17.9 Å². The number of carbonyl (C=O) groups excluding carboxylic acids is 1. The van der Waals surface area contributed by atoms with Gasteiger partial charge in [-0.15, -0.1) is 0 Å². The first-order valence-corrected chi connectivity index (χ1v) is 9.78. The summed E-state index contributed by atoms with van der Waals surface area (Å²) in [6.07, 6.45) is 1.43. The molecule has 0 bridgehead atoms. The summed E-state index contributed by atoms with van der Waals surface area (Å²) in [4.78, 5) is 27.6. The van der Waals surface area contributed by atoms with Crippen LogP contribution in [0, 0.1) is 11.3 Å². The van der Waals surface area contributed by atoms with Gasteiger partial charge in [-0.1, -0.05) is 42.5 Å². The molecule has 0 aromatic heterocycles. The minimum absolute atomic E-state index is 0.0636. The van der Waals surface area contributed by atoms with Gasteiger partial charge in [0.1, 0.15) is 11.6 Å². The minimum Gasteiger partial charge on any atom is -0.478 e. The summed E-state index contributed by atoms with van der Waals surface area (Å²) in [5.74, 6) is -1.25. The highest BCUT2D eigenvalue weighted by molar-refractivity contribution is 5.97. The van der Waals surface area contributed by atoms with E-state index in [9.17, 15) is 14.9 Å². The van der Waals surface area contributed by atoms with Gasteiger partial charge >= 0.3 is 5.97 Å². The first-order valence-electron chi connectivity index (χ1n) is 9.78. The second-order valence-electron chi connectivity index (χ2n) is 7.11. The molecule has 1 aliphatic heterocycles. The van der Waals surface area contributed by atoms with E-state index in [1.165, 1.54) is 23.9 Å². The number of carboxylic acid groups (broad SMARTS) is 1. The summed E-state index contributed by atoms with van der Waals surface area (Å²) in [5.41, 5.74) is 2.38. The molecule has 2 aromatic carbocycles. The number of aromatic carboxylic acids is 1. The van der Waals surface area contributed by atoms with Crippen LogP contribution in [0.2, 0.25) is 0 Å². The van der Waals surface area contributed by atoms with Crippen molar-refractivity contribution in [3.8, 4) is 6.07 Å². The molecule has 1 amide bonds. The molecule has 2 N–H and O–H groups in total. The quantitative estimate of drug-likeness (QED) is 0.543. The third-order valence-electron chi connectivity index (χ3n) is 5.01. The van der Waals surface area contributed by atoms with Crippen molar-refractivity contribution in [3.63, 3.8) is 0 Å². The van der Waals surface area contributed by atoms with Crippen molar-refractivity contribution < 1.29 is 14.7 Å². The molecule has 7 nitrogen and oxygen atoms in total. The number of amides is 1. The van der Waals surface area contributed by atoms with E-state index in [2.05, 4.69) is 22.3 Å². The lowest BCUT2D eigenvalue weighted by atomic mass is 10.1. The van der Waals surface area contributed by atoms with Crippen LogP contribution in [0.25, 0.3) is 0 Å². The van der Waals surface area contributed by atoms with Gasteiger partial charge in [0.2, 0.25) is 0 Å². The fraction of sp³-hybridized carbons (Fsp3) is 0.261. The van der Waals surface area contributed by atoms with E-state index in [0.29, 0.717) is 19.6 Å². The highest BCUT2D eigenvalue weighted by Gasteiger charge is 2.23. The lowest BCUT2D eigenvalue weighted by Gasteiger charge is -2.34. The summed E-state index contributed by atoms with van der Waals surface area (Å²) in [6.45, 7) is 3.95. The Morgan fingerprint density at radius 1 is 1.00 bits per heavy atom. The van der Waals surface area contributed by atoms with Gasteiger partial charge in [0.25, 0.3) is 5.91 Å². The van der Waals surface area contributed by atoms with Crippen LogP contribution < -0.4 is 5.32 Å². The van der Waals surface area contributed by atoms with Crippen LogP contribution in [0.4, 0.5) is 0 Å². The van der Waals surface area contributed by atoms with Gasteiger partial charge in [0, 0.05) is 45.5 Å². The summed E-state index contributed by atoms with van der Waals surface area (Å²) >= 11 is 0. The minimum atomic E-state index is -0.976. The first-order chi connectivity index (χ1) is 14.6. The van der Waals surface area contributed by atoms with E-state index in [0.717, 1.165) is 25.2 Å². The second kappa shape index (κ2) is 10.2. The Morgan fingerprint density at radius 3 is 2.27 bits per heavy atom. The maximum absolute atomic E-state index is 12.7. The van der Waals surface area contributed by atoms with Gasteiger partial charge in [-0.05, 0) is 23.3 Å². The van der Waals surface area contributed by atoms with E-state index in [1.807, 2.05) is 24.3 Å². The SMILES string of the molecule is N#C/C(=C/NCc1ccc(C(=O)O)cc1)C(=O)N1CCN(Cc2ccccc2)CC1. The van der Waals surface area contributed by atoms with E-state index in [-0.39, 0.29) is 17.0 Å². The molecule has 154 valence electrons. The van der Waals surface area contributed by atoms with Crippen LogP contribution in [0.5, 0.6) is 0 Å². The Balaban J connectivity index is 1.49. The predicted octanol–water partition coefficient (Wildman–Crippen LogP) is 2.23. The Bertz CT molecular complexity index is 941. The molecule has 1 heterocycles. The summed E-state index contributed by atoms with van der Waals surface area (Å²) in [6, 6.07) is 18.6. The molecule has 0 atom stereocenters. The zero-order valence-corrected chi connectivity index (χ0v) is 16.6. The molecule has 0 saturated carbocycles. The third kappa shape index (κ3) is 5.69. The van der Waals surface area contributed by atoms with Crippen LogP contribution in [0.15, 0.2) is 66.4 Å². The molecule has 3 rings (SSSR count). The predicted molar refractivity (Wildman–Crippen MR) is 112 cm³/mol. The number of nitrogens with one attached hydrogen (secondary N) is 1. The second-order valence-corrected chi connectivity index (χ2v) is 7.11. The van der Waals surface area contributed by atoms with E-state index < -0.39 is 5.97 Å². The van der Waals surface area contributed by atoms with Gasteiger partial charge in [-0.3, -0.25) is 9.69 Å². The third-order valence-corrected chi connectivity index (χ3v) is 5.01. The molecule has 30 heavy (non-hydrogen) atoms. The van der Waals surface area contributed by atoms with Gasteiger partial charge in [-0.25, -0.2) is 4.79 Å². The summed E-state index contributed by atoms with van der Waals surface area (Å²) in [7, 11) is 0. The average Bonchev–Trinajstić information content (AvgIpc) is 2.78. The Labute approximate surface area is 175 Å². The Hall–Kier alpha value is -3.63. The van der Waals surface area contributed by atoms with Crippen molar-refractivity contribution in [2.75, 3.05) is 26.2 Å². The number of nitrogens with zero attached hydrogens (tertiary/aromatic N) is 3. The highest BCUT2D eigenvalue weighted by Crippen LogP contribution is 2.11. The first kappa shape index (κ1) is 21.1. The van der Waals surface area contributed by atoms with Gasteiger partial charge in [-0.2, -0.15) is 5.26 Å². The van der Waals surface area contributed by atoms with Crippen molar-refractivity contribution in [2.45, 2.75) is 13.1 Å². The van der Waals surface area contributed by atoms with E-state index >= 15 is 0 Å². The number of benzene rings is 2. The van der Waals surface area contributed by atoms with Gasteiger partial charge in [0.15, 0.2) is 0 Å². The molecule has 0 aliphatic carbocycles. The topological polar surface area (TPSA) is 96.7 Å². The van der Waals surface area contributed by atoms with Crippen molar-refractivity contribution in [1.82, 2.24) is 15.1 Å². The molecule has 0 radical (unpaired) electrons. The molecule has 1 aliphatic rings.